The minimum Gasteiger partial charge on any atom is -0.393 e. The normalized spacial score (nSPS) is 36.0. The van der Waals surface area contributed by atoms with Crippen LogP contribution in [0.3, 0.4) is 0 Å². The van der Waals surface area contributed by atoms with Crippen molar-refractivity contribution in [1.29, 1.82) is 0 Å². The molecule has 14 heavy (non-hydrogen) atoms. The molecule has 2 nitrogen and oxygen atoms in total. The molecular weight excluding hydrogens is 174 g/mol. The van der Waals surface area contributed by atoms with Crippen LogP contribution in [-0.2, 0) is 0 Å². The van der Waals surface area contributed by atoms with Gasteiger partial charge in [-0.2, -0.15) is 0 Å². The summed E-state index contributed by atoms with van der Waals surface area (Å²) in [5.41, 5.74) is 6.14. The highest BCUT2D eigenvalue weighted by atomic mass is 16.3. The Morgan fingerprint density at radius 1 is 1.50 bits per heavy atom. The Morgan fingerprint density at radius 3 is 2.43 bits per heavy atom. The molecule has 1 aliphatic rings. The van der Waals surface area contributed by atoms with Gasteiger partial charge >= 0.3 is 0 Å². The lowest BCUT2D eigenvalue weighted by molar-refractivity contribution is 0.0354. The Bertz CT molecular complexity index is 197. The third-order valence-electron chi connectivity index (χ3n) is 3.49. The topological polar surface area (TPSA) is 46.2 Å². The zero-order valence-electron chi connectivity index (χ0n) is 10.0. The highest BCUT2D eigenvalue weighted by Gasteiger charge is 2.37. The van der Waals surface area contributed by atoms with E-state index in [1.54, 1.807) is 0 Å². The van der Waals surface area contributed by atoms with E-state index >= 15 is 0 Å². The van der Waals surface area contributed by atoms with Crippen LogP contribution >= 0.6 is 0 Å². The average Bonchev–Trinajstić information content (AvgIpc) is 2.28. The van der Waals surface area contributed by atoms with Crippen LogP contribution in [0.25, 0.3) is 0 Å². The molecule has 1 aliphatic carbocycles. The van der Waals surface area contributed by atoms with E-state index in [-0.39, 0.29) is 17.1 Å². The molecule has 0 saturated heterocycles. The van der Waals surface area contributed by atoms with Gasteiger partial charge in [0.2, 0.25) is 0 Å². The Balaban J connectivity index is 2.52. The van der Waals surface area contributed by atoms with E-state index < -0.39 is 0 Å². The van der Waals surface area contributed by atoms with E-state index in [2.05, 4.69) is 27.7 Å². The summed E-state index contributed by atoms with van der Waals surface area (Å²) in [6.45, 7) is 8.45. The van der Waals surface area contributed by atoms with Gasteiger partial charge in [-0.05, 0) is 37.0 Å². The number of aliphatic hydroxyl groups excluding tert-OH is 1. The lowest BCUT2D eigenvalue weighted by atomic mass is 9.80. The van der Waals surface area contributed by atoms with Gasteiger partial charge < -0.3 is 10.8 Å². The van der Waals surface area contributed by atoms with Crippen molar-refractivity contribution in [3.8, 4) is 0 Å². The van der Waals surface area contributed by atoms with Crippen molar-refractivity contribution in [2.24, 2.45) is 17.1 Å². The highest BCUT2D eigenvalue weighted by molar-refractivity contribution is 4.95. The van der Waals surface area contributed by atoms with Gasteiger partial charge in [0.25, 0.3) is 0 Å². The van der Waals surface area contributed by atoms with Crippen LogP contribution in [-0.4, -0.2) is 16.7 Å². The van der Waals surface area contributed by atoms with Crippen molar-refractivity contribution in [2.45, 2.75) is 65.0 Å². The van der Waals surface area contributed by atoms with Gasteiger partial charge in [-0.25, -0.2) is 0 Å². The predicted molar refractivity (Wildman–Crippen MR) is 60.0 cm³/mol. The molecule has 0 aromatic heterocycles. The van der Waals surface area contributed by atoms with E-state index in [0.717, 1.165) is 25.2 Å². The first-order chi connectivity index (χ1) is 6.23. The third-order valence-corrected chi connectivity index (χ3v) is 3.49. The molecule has 0 heterocycles. The molecule has 1 fully saturated rings. The molecule has 1 saturated carbocycles. The second-order valence-electron chi connectivity index (χ2n) is 6.30. The molecular formula is C12H25NO. The molecule has 0 amide bonds. The summed E-state index contributed by atoms with van der Waals surface area (Å²) < 4.78 is 0. The van der Waals surface area contributed by atoms with Crippen LogP contribution in [0.15, 0.2) is 0 Å². The fraction of sp³-hybridized carbons (Fsp3) is 1.00. The molecule has 0 radical (unpaired) electrons. The Hall–Kier alpha value is -0.0800. The van der Waals surface area contributed by atoms with Crippen LogP contribution in [0.2, 0.25) is 0 Å². The zero-order valence-corrected chi connectivity index (χ0v) is 10.0. The van der Waals surface area contributed by atoms with Crippen LogP contribution in [0, 0.1) is 11.3 Å². The molecule has 0 aliphatic heterocycles. The minimum atomic E-state index is -0.280. The number of hydrogen-bond acceptors (Lipinski definition) is 2. The highest BCUT2D eigenvalue weighted by Crippen LogP contribution is 2.38. The summed E-state index contributed by atoms with van der Waals surface area (Å²) >= 11 is 0. The fourth-order valence-corrected chi connectivity index (χ4v) is 2.31. The van der Waals surface area contributed by atoms with E-state index in [4.69, 9.17) is 5.73 Å². The first-order valence-corrected chi connectivity index (χ1v) is 5.70. The first-order valence-electron chi connectivity index (χ1n) is 5.70. The largest absolute Gasteiger partial charge is 0.393 e. The SMILES string of the molecule is CC1CCC(N)(CC(O)C(C)(C)C)C1. The monoisotopic (exact) mass is 199 g/mol. The van der Waals surface area contributed by atoms with Crippen molar-refractivity contribution < 1.29 is 5.11 Å². The summed E-state index contributed by atoms with van der Waals surface area (Å²) in [5.74, 6) is 0.729. The van der Waals surface area contributed by atoms with E-state index in [9.17, 15) is 5.11 Å². The molecule has 0 spiro atoms. The van der Waals surface area contributed by atoms with Crippen LogP contribution < -0.4 is 5.73 Å². The Labute approximate surface area is 87.9 Å². The molecule has 0 aromatic carbocycles. The molecule has 0 bridgehead atoms. The number of nitrogens with two attached hydrogens (primary N) is 1. The maximum Gasteiger partial charge on any atom is 0.0606 e. The van der Waals surface area contributed by atoms with Crippen molar-refractivity contribution in [3.05, 3.63) is 0 Å². The molecule has 2 heteroatoms. The van der Waals surface area contributed by atoms with E-state index in [1.807, 2.05) is 0 Å². The molecule has 3 N–H and O–H groups in total. The van der Waals surface area contributed by atoms with Crippen LogP contribution in [0.1, 0.15) is 53.4 Å². The standard InChI is InChI=1S/C12H25NO/c1-9-5-6-12(13,7-9)8-10(14)11(2,3)4/h9-10,14H,5-8,13H2,1-4H3. The minimum absolute atomic E-state index is 0.0435. The Morgan fingerprint density at radius 2 is 2.07 bits per heavy atom. The van der Waals surface area contributed by atoms with Gasteiger partial charge in [-0.1, -0.05) is 27.7 Å². The molecule has 3 atom stereocenters. The van der Waals surface area contributed by atoms with Crippen molar-refractivity contribution in [1.82, 2.24) is 0 Å². The fourth-order valence-electron chi connectivity index (χ4n) is 2.31. The summed E-state index contributed by atoms with van der Waals surface area (Å²) in [4.78, 5) is 0. The number of hydrogen-bond donors (Lipinski definition) is 2. The lowest BCUT2D eigenvalue weighted by Gasteiger charge is -2.33. The maximum absolute atomic E-state index is 10.0. The summed E-state index contributed by atoms with van der Waals surface area (Å²) in [6.07, 6.45) is 3.83. The Kier molecular flexibility index (Phi) is 3.27. The number of aliphatic hydroxyl groups is 1. The van der Waals surface area contributed by atoms with Gasteiger partial charge in [-0.3, -0.25) is 0 Å². The molecule has 1 rings (SSSR count). The van der Waals surface area contributed by atoms with Gasteiger partial charge in [0.05, 0.1) is 6.10 Å². The van der Waals surface area contributed by atoms with E-state index in [1.165, 1.54) is 6.42 Å². The zero-order chi connectivity index (χ0) is 11.0. The van der Waals surface area contributed by atoms with Crippen molar-refractivity contribution >= 4 is 0 Å². The number of rotatable bonds is 2. The second kappa shape index (κ2) is 3.82. The average molecular weight is 199 g/mol. The van der Waals surface area contributed by atoms with Crippen molar-refractivity contribution in [3.63, 3.8) is 0 Å². The van der Waals surface area contributed by atoms with Crippen LogP contribution in [0.5, 0.6) is 0 Å². The first kappa shape index (κ1) is 12.0. The quantitative estimate of drug-likeness (QED) is 0.717. The van der Waals surface area contributed by atoms with Gasteiger partial charge in [0.1, 0.15) is 0 Å². The van der Waals surface area contributed by atoms with E-state index in [0.29, 0.717) is 0 Å². The maximum atomic E-state index is 10.0. The summed E-state index contributed by atoms with van der Waals surface area (Å²) in [6, 6.07) is 0. The second-order valence-corrected chi connectivity index (χ2v) is 6.30. The summed E-state index contributed by atoms with van der Waals surface area (Å²) in [5, 5.41) is 10.0. The molecule has 0 aromatic rings. The summed E-state index contributed by atoms with van der Waals surface area (Å²) in [7, 11) is 0. The smallest absolute Gasteiger partial charge is 0.0606 e. The third kappa shape index (κ3) is 2.96. The lowest BCUT2D eigenvalue weighted by Crippen LogP contribution is -2.43. The van der Waals surface area contributed by atoms with Gasteiger partial charge in [-0.15, -0.1) is 0 Å². The molecule has 3 unspecified atom stereocenters. The predicted octanol–water partition coefficient (Wildman–Crippen LogP) is 2.30. The van der Waals surface area contributed by atoms with Gasteiger partial charge in [0, 0.05) is 5.54 Å². The van der Waals surface area contributed by atoms with Crippen LogP contribution in [0.4, 0.5) is 0 Å². The van der Waals surface area contributed by atoms with Gasteiger partial charge in [0.15, 0.2) is 0 Å². The van der Waals surface area contributed by atoms with Crippen molar-refractivity contribution in [2.75, 3.05) is 0 Å². The molecule has 84 valence electrons.